The number of pyridine rings is 1. The number of fused-ring (bicyclic) bond motifs is 1. The van der Waals surface area contributed by atoms with E-state index in [0.29, 0.717) is 11.1 Å². The van der Waals surface area contributed by atoms with Crippen molar-refractivity contribution in [1.82, 2.24) is 4.98 Å². The number of H-pyrrole nitrogens is 1. The molecule has 3 N–H and O–H groups in total. The summed E-state index contributed by atoms with van der Waals surface area (Å²) in [7, 11) is 0. The maximum absolute atomic E-state index is 12.4. The highest BCUT2D eigenvalue weighted by Gasteiger charge is 2.20. The van der Waals surface area contributed by atoms with Crippen LogP contribution in [0, 0.1) is 0 Å². The SMILES string of the molecule is CCOC(=O)c1c[nH]c2ccc(C(O)C(O)CCCl)cc2c1=O. The molecular formula is C16H18ClNO5. The first-order chi connectivity index (χ1) is 11.0. The number of aromatic nitrogens is 1. The van der Waals surface area contributed by atoms with Crippen LogP contribution in [0.15, 0.2) is 29.2 Å². The number of nitrogens with one attached hydrogen (secondary N) is 1. The molecule has 2 aromatic rings. The molecule has 1 aromatic carbocycles. The van der Waals surface area contributed by atoms with Crippen LogP contribution in [0.2, 0.25) is 0 Å². The van der Waals surface area contributed by atoms with Crippen LogP contribution in [-0.2, 0) is 4.74 Å². The molecule has 0 bridgehead atoms. The Morgan fingerprint density at radius 2 is 2.13 bits per heavy atom. The van der Waals surface area contributed by atoms with Crippen molar-refractivity contribution in [3.63, 3.8) is 0 Å². The fourth-order valence-electron chi connectivity index (χ4n) is 2.27. The molecule has 0 spiro atoms. The van der Waals surface area contributed by atoms with Gasteiger partial charge < -0.3 is 19.9 Å². The first-order valence-electron chi connectivity index (χ1n) is 7.24. The Hall–Kier alpha value is -1.89. The van der Waals surface area contributed by atoms with Crippen molar-refractivity contribution >= 4 is 28.5 Å². The van der Waals surface area contributed by atoms with Crippen molar-refractivity contribution < 1.29 is 19.7 Å². The highest BCUT2D eigenvalue weighted by molar-refractivity contribution is 6.17. The van der Waals surface area contributed by atoms with E-state index >= 15 is 0 Å². The summed E-state index contributed by atoms with van der Waals surface area (Å²) in [5, 5.41) is 20.2. The van der Waals surface area contributed by atoms with Gasteiger partial charge >= 0.3 is 5.97 Å². The first-order valence-corrected chi connectivity index (χ1v) is 7.77. The zero-order chi connectivity index (χ0) is 17.0. The molecule has 0 aliphatic rings. The molecule has 0 amide bonds. The number of carbonyl (C=O) groups is 1. The smallest absolute Gasteiger partial charge is 0.343 e. The number of rotatable bonds is 6. The summed E-state index contributed by atoms with van der Waals surface area (Å²) in [5.74, 6) is -0.497. The number of aromatic amines is 1. The minimum Gasteiger partial charge on any atom is -0.462 e. The molecule has 2 rings (SSSR count). The van der Waals surface area contributed by atoms with Gasteiger partial charge in [0.2, 0.25) is 5.43 Å². The molecular weight excluding hydrogens is 322 g/mol. The Kier molecular flexibility index (Phi) is 5.76. The number of carbonyl (C=O) groups excluding carboxylic acids is 1. The second-order valence-corrected chi connectivity index (χ2v) is 5.42. The van der Waals surface area contributed by atoms with Crippen LogP contribution in [-0.4, -0.2) is 39.8 Å². The molecule has 23 heavy (non-hydrogen) atoms. The van der Waals surface area contributed by atoms with Crippen LogP contribution in [0.25, 0.3) is 10.9 Å². The van der Waals surface area contributed by atoms with Crippen LogP contribution >= 0.6 is 11.6 Å². The Morgan fingerprint density at radius 1 is 1.39 bits per heavy atom. The molecule has 1 aromatic heterocycles. The number of ether oxygens (including phenoxy) is 1. The minimum atomic E-state index is -1.16. The molecule has 7 heteroatoms. The number of aliphatic hydroxyl groups is 2. The Bertz CT molecular complexity index is 758. The topological polar surface area (TPSA) is 99.6 Å². The number of esters is 1. The van der Waals surface area contributed by atoms with Gasteiger partial charge in [0.25, 0.3) is 0 Å². The van der Waals surface area contributed by atoms with E-state index in [-0.39, 0.29) is 29.9 Å². The Balaban J connectivity index is 2.47. The van der Waals surface area contributed by atoms with Crippen molar-refractivity contribution in [3.8, 4) is 0 Å². The van der Waals surface area contributed by atoms with E-state index < -0.39 is 23.6 Å². The van der Waals surface area contributed by atoms with Gasteiger partial charge in [-0.3, -0.25) is 4.79 Å². The summed E-state index contributed by atoms with van der Waals surface area (Å²) in [6, 6.07) is 4.67. The lowest BCUT2D eigenvalue weighted by molar-refractivity contribution is 0.0171. The number of alkyl halides is 1. The van der Waals surface area contributed by atoms with Gasteiger partial charge in [0.1, 0.15) is 11.7 Å². The van der Waals surface area contributed by atoms with E-state index in [9.17, 15) is 19.8 Å². The molecule has 0 radical (unpaired) electrons. The van der Waals surface area contributed by atoms with Crippen LogP contribution in [0.5, 0.6) is 0 Å². The first kappa shape index (κ1) is 17.5. The van der Waals surface area contributed by atoms with Gasteiger partial charge in [0, 0.05) is 23.0 Å². The summed E-state index contributed by atoms with van der Waals surface area (Å²) in [6.07, 6.45) is -0.665. The maximum atomic E-state index is 12.4. The molecule has 0 fully saturated rings. The van der Waals surface area contributed by atoms with Gasteiger partial charge in [0.15, 0.2) is 0 Å². The zero-order valence-electron chi connectivity index (χ0n) is 12.6. The number of halogens is 1. The summed E-state index contributed by atoms with van der Waals surface area (Å²) >= 11 is 5.56. The molecule has 2 atom stereocenters. The third-order valence-electron chi connectivity index (χ3n) is 3.51. The number of aliphatic hydroxyl groups excluding tert-OH is 2. The molecule has 6 nitrogen and oxygen atoms in total. The van der Waals surface area contributed by atoms with E-state index in [4.69, 9.17) is 16.3 Å². The van der Waals surface area contributed by atoms with Gasteiger partial charge in [-0.2, -0.15) is 0 Å². The fraction of sp³-hybridized carbons (Fsp3) is 0.375. The van der Waals surface area contributed by atoms with Crippen LogP contribution in [0.3, 0.4) is 0 Å². The van der Waals surface area contributed by atoms with Gasteiger partial charge in [-0.05, 0) is 31.0 Å². The summed E-state index contributed by atoms with van der Waals surface area (Å²) in [5.41, 5.74) is 0.304. The van der Waals surface area contributed by atoms with Crippen molar-refractivity contribution in [1.29, 1.82) is 0 Å². The Morgan fingerprint density at radius 3 is 2.78 bits per heavy atom. The largest absolute Gasteiger partial charge is 0.462 e. The van der Waals surface area contributed by atoms with Gasteiger partial charge in [0.05, 0.1) is 12.7 Å². The average Bonchev–Trinajstić information content (AvgIpc) is 2.54. The van der Waals surface area contributed by atoms with Crippen molar-refractivity contribution in [2.45, 2.75) is 25.6 Å². The highest BCUT2D eigenvalue weighted by Crippen LogP contribution is 2.22. The standard InChI is InChI=1S/C16H18ClNO5/c1-2-23-16(22)11-8-18-12-4-3-9(7-10(12)15(11)21)14(20)13(19)5-6-17/h3-4,7-8,13-14,19-20H,2,5-6H2,1H3,(H,18,21). The number of hydrogen-bond acceptors (Lipinski definition) is 5. The molecule has 0 aliphatic carbocycles. The summed E-state index contributed by atoms with van der Waals surface area (Å²) < 4.78 is 4.84. The minimum absolute atomic E-state index is 0.104. The van der Waals surface area contributed by atoms with E-state index in [1.807, 2.05) is 0 Å². The van der Waals surface area contributed by atoms with E-state index in [0.717, 1.165) is 0 Å². The summed E-state index contributed by atoms with van der Waals surface area (Å²) in [6.45, 7) is 1.82. The average molecular weight is 340 g/mol. The lowest BCUT2D eigenvalue weighted by atomic mass is 10.00. The zero-order valence-corrected chi connectivity index (χ0v) is 13.3. The lowest BCUT2D eigenvalue weighted by Crippen LogP contribution is -2.20. The van der Waals surface area contributed by atoms with Gasteiger partial charge in [-0.25, -0.2) is 4.79 Å². The van der Waals surface area contributed by atoms with Crippen molar-refractivity contribution in [3.05, 3.63) is 45.7 Å². The lowest BCUT2D eigenvalue weighted by Gasteiger charge is -2.17. The third kappa shape index (κ3) is 3.72. The van der Waals surface area contributed by atoms with Crippen molar-refractivity contribution in [2.75, 3.05) is 12.5 Å². The molecule has 2 unspecified atom stereocenters. The molecule has 0 saturated heterocycles. The third-order valence-corrected chi connectivity index (χ3v) is 3.73. The van der Waals surface area contributed by atoms with Gasteiger partial charge in [-0.15, -0.1) is 11.6 Å². The normalized spacial score (nSPS) is 13.7. The fourth-order valence-corrected chi connectivity index (χ4v) is 2.50. The van der Waals surface area contributed by atoms with Crippen LogP contribution < -0.4 is 5.43 Å². The monoisotopic (exact) mass is 339 g/mol. The van der Waals surface area contributed by atoms with E-state index in [1.54, 1.807) is 19.1 Å². The summed E-state index contributed by atoms with van der Waals surface area (Å²) in [4.78, 5) is 27.1. The molecule has 124 valence electrons. The molecule has 0 aliphatic heterocycles. The highest BCUT2D eigenvalue weighted by atomic mass is 35.5. The van der Waals surface area contributed by atoms with E-state index in [1.165, 1.54) is 12.3 Å². The van der Waals surface area contributed by atoms with Gasteiger partial charge in [-0.1, -0.05) is 6.07 Å². The second kappa shape index (κ2) is 7.59. The number of hydrogen-bond donors (Lipinski definition) is 3. The van der Waals surface area contributed by atoms with Crippen LogP contribution in [0.4, 0.5) is 0 Å². The van der Waals surface area contributed by atoms with Crippen LogP contribution in [0.1, 0.15) is 35.4 Å². The van der Waals surface area contributed by atoms with Crippen molar-refractivity contribution in [2.24, 2.45) is 0 Å². The number of benzene rings is 1. The second-order valence-electron chi connectivity index (χ2n) is 5.05. The molecule has 0 saturated carbocycles. The maximum Gasteiger partial charge on any atom is 0.343 e. The Labute approximate surface area is 137 Å². The quantitative estimate of drug-likeness (QED) is 0.550. The molecule has 1 heterocycles. The predicted molar refractivity (Wildman–Crippen MR) is 86.8 cm³/mol. The predicted octanol–water partition coefficient (Wildman–Crippen LogP) is 1.73. The van der Waals surface area contributed by atoms with E-state index in [2.05, 4.69) is 4.98 Å².